The monoisotopic (exact) mass is 362 g/mol. The largest absolute Gasteiger partial charge is 0.452 e. The van der Waals surface area contributed by atoms with Gasteiger partial charge < -0.3 is 10.1 Å². The first kappa shape index (κ1) is 18.4. The lowest BCUT2D eigenvalue weighted by Gasteiger charge is -2.08. The van der Waals surface area contributed by atoms with E-state index in [0.29, 0.717) is 5.56 Å². The normalized spacial score (nSPS) is 10.2. The van der Waals surface area contributed by atoms with E-state index in [-0.39, 0.29) is 16.4 Å². The number of anilines is 1. The molecule has 0 aliphatic carbocycles. The number of nitro benzene ring substituents is 1. The standard InChI is InChI=1S/C17H15ClN2O5/c1-10-3-4-12(7-11(10)2)17(22)25-9-16(21)19-13-5-6-14(18)15(8-13)20(23)24/h3-8H,9H2,1-2H3,(H,19,21). The van der Waals surface area contributed by atoms with Gasteiger partial charge in [0, 0.05) is 11.8 Å². The summed E-state index contributed by atoms with van der Waals surface area (Å²) in [6.07, 6.45) is 0. The second-order valence-corrected chi connectivity index (χ2v) is 5.75. The van der Waals surface area contributed by atoms with E-state index in [1.54, 1.807) is 18.2 Å². The van der Waals surface area contributed by atoms with E-state index < -0.39 is 23.4 Å². The van der Waals surface area contributed by atoms with Gasteiger partial charge in [-0.25, -0.2) is 4.79 Å². The van der Waals surface area contributed by atoms with Crippen molar-refractivity contribution in [2.75, 3.05) is 11.9 Å². The van der Waals surface area contributed by atoms with Crippen molar-refractivity contribution in [2.24, 2.45) is 0 Å². The number of nitrogens with one attached hydrogen (secondary N) is 1. The zero-order chi connectivity index (χ0) is 18.6. The topological polar surface area (TPSA) is 98.5 Å². The average molecular weight is 363 g/mol. The van der Waals surface area contributed by atoms with E-state index >= 15 is 0 Å². The molecular weight excluding hydrogens is 348 g/mol. The number of amides is 1. The van der Waals surface area contributed by atoms with Crippen LogP contribution in [0.4, 0.5) is 11.4 Å². The minimum Gasteiger partial charge on any atom is -0.452 e. The molecule has 8 heteroatoms. The highest BCUT2D eigenvalue weighted by molar-refractivity contribution is 6.32. The van der Waals surface area contributed by atoms with E-state index in [4.69, 9.17) is 16.3 Å². The molecule has 0 saturated carbocycles. The zero-order valence-corrected chi connectivity index (χ0v) is 14.3. The maximum atomic E-state index is 11.9. The number of nitrogens with zero attached hydrogens (tertiary/aromatic N) is 1. The van der Waals surface area contributed by atoms with E-state index in [9.17, 15) is 19.7 Å². The first-order chi connectivity index (χ1) is 11.8. The summed E-state index contributed by atoms with van der Waals surface area (Å²) in [6.45, 7) is 3.28. The Morgan fingerprint density at radius 2 is 1.88 bits per heavy atom. The highest BCUT2D eigenvalue weighted by atomic mass is 35.5. The Bertz CT molecular complexity index is 851. The molecule has 1 amide bonds. The summed E-state index contributed by atoms with van der Waals surface area (Å²) in [4.78, 5) is 34.0. The molecule has 2 rings (SSSR count). The Balaban J connectivity index is 1.96. The van der Waals surface area contributed by atoms with Crippen LogP contribution in [-0.2, 0) is 9.53 Å². The van der Waals surface area contributed by atoms with Crippen LogP contribution < -0.4 is 5.32 Å². The quantitative estimate of drug-likeness (QED) is 0.497. The number of hydrogen-bond donors (Lipinski definition) is 1. The van der Waals surface area contributed by atoms with Gasteiger partial charge in [0.15, 0.2) is 6.61 Å². The molecule has 0 aliphatic rings. The number of benzene rings is 2. The van der Waals surface area contributed by atoms with Crippen LogP contribution in [0.1, 0.15) is 21.5 Å². The number of nitro groups is 1. The van der Waals surface area contributed by atoms with Crippen molar-refractivity contribution in [3.05, 3.63) is 68.2 Å². The van der Waals surface area contributed by atoms with Gasteiger partial charge >= 0.3 is 5.97 Å². The molecule has 2 aromatic rings. The van der Waals surface area contributed by atoms with Crippen molar-refractivity contribution in [3.8, 4) is 0 Å². The molecule has 1 N–H and O–H groups in total. The molecule has 0 radical (unpaired) electrons. The molecular formula is C17H15ClN2O5. The van der Waals surface area contributed by atoms with Gasteiger partial charge in [0.1, 0.15) is 5.02 Å². The third-order valence-corrected chi connectivity index (χ3v) is 3.82. The zero-order valence-electron chi connectivity index (χ0n) is 13.5. The predicted octanol–water partition coefficient (Wildman–Crippen LogP) is 3.66. The van der Waals surface area contributed by atoms with Crippen LogP contribution in [0.5, 0.6) is 0 Å². The maximum Gasteiger partial charge on any atom is 0.338 e. The average Bonchev–Trinajstić information content (AvgIpc) is 2.56. The van der Waals surface area contributed by atoms with Crippen molar-refractivity contribution in [2.45, 2.75) is 13.8 Å². The van der Waals surface area contributed by atoms with Crippen LogP contribution in [0, 0.1) is 24.0 Å². The Kier molecular flexibility index (Phi) is 5.71. The lowest BCUT2D eigenvalue weighted by Crippen LogP contribution is -2.21. The molecule has 0 saturated heterocycles. The highest BCUT2D eigenvalue weighted by Crippen LogP contribution is 2.27. The summed E-state index contributed by atoms with van der Waals surface area (Å²) in [6, 6.07) is 8.93. The molecule has 0 bridgehead atoms. The van der Waals surface area contributed by atoms with Gasteiger partial charge in [-0.15, -0.1) is 0 Å². The van der Waals surface area contributed by atoms with Gasteiger partial charge in [-0.1, -0.05) is 17.7 Å². The first-order valence-corrected chi connectivity index (χ1v) is 7.64. The number of esters is 1. The Morgan fingerprint density at radius 3 is 2.52 bits per heavy atom. The number of halogens is 1. The minimum absolute atomic E-state index is 0.0378. The molecule has 130 valence electrons. The SMILES string of the molecule is Cc1ccc(C(=O)OCC(=O)Nc2ccc(Cl)c([N+](=O)[O-])c2)cc1C. The van der Waals surface area contributed by atoms with Gasteiger partial charge in [0.25, 0.3) is 11.6 Å². The number of carbonyl (C=O) groups excluding carboxylic acids is 2. The summed E-state index contributed by atoms with van der Waals surface area (Å²) in [7, 11) is 0. The van der Waals surface area contributed by atoms with Crippen LogP contribution in [0.15, 0.2) is 36.4 Å². The molecule has 0 fully saturated rings. The fraction of sp³-hybridized carbons (Fsp3) is 0.176. The maximum absolute atomic E-state index is 11.9. The molecule has 0 aliphatic heterocycles. The van der Waals surface area contributed by atoms with Gasteiger partial charge in [-0.3, -0.25) is 14.9 Å². The molecule has 0 unspecified atom stereocenters. The van der Waals surface area contributed by atoms with Crippen molar-refractivity contribution in [1.29, 1.82) is 0 Å². The van der Waals surface area contributed by atoms with Gasteiger partial charge in [0.2, 0.25) is 0 Å². The van der Waals surface area contributed by atoms with Gasteiger partial charge in [0.05, 0.1) is 10.5 Å². The minimum atomic E-state index is -0.655. The highest BCUT2D eigenvalue weighted by Gasteiger charge is 2.15. The van der Waals surface area contributed by atoms with Crippen molar-refractivity contribution >= 4 is 34.9 Å². The fourth-order valence-corrected chi connectivity index (χ4v) is 2.20. The molecule has 25 heavy (non-hydrogen) atoms. The van der Waals surface area contributed by atoms with E-state index in [1.165, 1.54) is 12.1 Å². The first-order valence-electron chi connectivity index (χ1n) is 7.26. The number of carbonyl (C=O) groups is 2. The molecule has 0 heterocycles. The van der Waals surface area contributed by atoms with Crippen LogP contribution in [0.3, 0.4) is 0 Å². The van der Waals surface area contributed by atoms with Crippen LogP contribution in [0.25, 0.3) is 0 Å². The Morgan fingerprint density at radius 1 is 1.16 bits per heavy atom. The molecule has 2 aromatic carbocycles. The number of ether oxygens (including phenoxy) is 1. The fourth-order valence-electron chi connectivity index (χ4n) is 2.01. The van der Waals surface area contributed by atoms with Crippen molar-refractivity contribution in [1.82, 2.24) is 0 Å². The van der Waals surface area contributed by atoms with E-state index in [0.717, 1.165) is 17.2 Å². The second-order valence-electron chi connectivity index (χ2n) is 5.35. The summed E-state index contributed by atoms with van der Waals surface area (Å²) < 4.78 is 4.95. The third kappa shape index (κ3) is 4.77. The van der Waals surface area contributed by atoms with E-state index in [1.807, 2.05) is 13.8 Å². The Hall–Kier alpha value is -2.93. The predicted molar refractivity (Wildman–Crippen MR) is 92.9 cm³/mol. The number of rotatable bonds is 5. The second kappa shape index (κ2) is 7.76. The lowest BCUT2D eigenvalue weighted by molar-refractivity contribution is -0.384. The molecule has 0 spiro atoms. The summed E-state index contributed by atoms with van der Waals surface area (Å²) in [5.41, 5.74) is 2.18. The number of hydrogen-bond acceptors (Lipinski definition) is 5. The molecule has 0 atom stereocenters. The Labute approximate surface area is 148 Å². The van der Waals surface area contributed by atoms with Crippen molar-refractivity contribution in [3.63, 3.8) is 0 Å². The van der Waals surface area contributed by atoms with Gasteiger partial charge in [-0.2, -0.15) is 0 Å². The summed E-state index contributed by atoms with van der Waals surface area (Å²) >= 11 is 5.70. The van der Waals surface area contributed by atoms with Gasteiger partial charge in [-0.05, 0) is 49.2 Å². The number of aryl methyl sites for hydroxylation is 2. The molecule has 0 aromatic heterocycles. The third-order valence-electron chi connectivity index (χ3n) is 3.50. The van der Waals surface area contributed by atoms with Crippen LogP contribution in [0.2, 0.25) is 5.02 Å². The lowest BCUT2D eigenvalue weighted by atomic mass is 10.1. The van der Waals surface area contributed by atoms with E-state index in [2.05, 4.69) is 5.32 Å². The molecule has 7 nitrogen and oxygen atoms in total. The summed E-state index contributed by atoms with van der Waals surface area (Å²) in [5, 5.41) is 13.2. The smallest absolute Gasteiger partial charge is 0.338 e. The van der Waals surface area contributed by atoms with Crippen molar-refractivity contribution < 1.29 is 19.2 Å². The van der Waals surface area contributed by atoms with Crippen LogP contribution in [-0.4, -0.2) is 23.4 Å². The summed E-state index contributed by atoms with van der Waals surface area (Å²) in [5.74, 6) is -1.24. The van der Waals surface area contributed by atoms with Crippen LogP contribution >= 0.6 is 11.6 Å².